The highest BCUT2D eigenvalue weighted by molar-refractivity contribution is 5.59. The zero-order valence-electron chi connectivity index (χ0n) is 12.3. The van der Waals surface area contributed by atoms with E-state index in [0.717, 1.165) is 33.9 Å². The van der Waals surface area contributed by atoms with Gasteiger partial charge in [0, 0.05) is 17.8 Å². The van der Waals surface area contributed by atoms with Gasteiger partial charge in [-0.2, -0.15) is 0 Å². The minimum Gasteiger partial charge on any atom is -0.507 e. The normalized spacial score (nSPS) is 13.0. The van der Waals surface area contributed by atoms with Gasteiger partial charge in [0.15, 0.2) is 11.5 Å². The Morgan fingerprint density at radius 2 is 1.81 bits per heavy atom. The Morgan fingerprint density at radius 3 is 2.62 bits per heavy atom. The number of ether oxygens (including phenoxy) is 2. The minimum absolute atomic E-state index is 0.349. The molecule has 110 valence electrons. The molecule has 3 rings (SSSR count). The predicted molar refractivity (Wildman–Crippen MR) is 82.3 cm³/mol. The van der Waals surface area contributed by atoms with E-state index in [9.17, 15) is 5.11 Å². The molecule has 0 saturated heterocycles. The summed E-state index contributed by atoms with van der Waals surface area (Å²) in [7, 11) is 0. The Kier molecular flexibility index (Phi) is 3.60. The first kappa shape index (κ1) is 13.6. The second-order valence-corrected chi connectivity index (χ2v) is 5.24. The van der Waals surface area contributed by atoms with E-state index in [2.05, 4.69) is 5.32 Å². The summed E-state index contributed by atoms with van der Waals surface area (Å²) in [5.41, 5.74) is 3.80. The Labute approximate surface area is 124 Å². The molecule has 4 nitrogen and oxygen atoms in total. The fraction of sp³-hybridized carbons (Fsp3) is 0.294. The average molecular weight is 285 g/mol. The molecule has 0 atom stereocenters. The van der Waals surface area contributed by atoms with Gasteiger partial charge in [0.25, 0.3) is 0 Å². The van der Waals surface area contributed by atoms with Crippen LogP contribution >= 0.6 is 0 Å². The second kappa shape index (κ2) is 5.56. The Bertz CT molecular complexity index is 667. The van der Waals surface area contributed by atoms with Crippen molar-refractivity contribution < 1.29 is 14.6 Å². The third-order valence-electron chi connectivity index (χ3n) is 3.72. The molecule has 1 aliphatic rings. The van der Waals surface area contributed by atoms with Crippen molar-refractivity contribution in [3.8, 4) is 17.2 Å². The Hall–Kier alpha value is -2.36. The molecule has 2 N–H and O–H groups in total. The summed E-state index contributed by atoms with van der Waals surface area (Å²) in [4.78, 5) is 0. The summed E-state index contributed by atoms with van der Waals surface area (Å²) in [5.74, 6) is 1.94. The second-order valence-electron chi connectivity index (χ2n) is 5.24. The van der Waals surface area contributed by atoms with E-state index in [0.29, 0.717) is 25.5 Å². The zero-order chi connectivity index (χ0) is 14.8. The molecule has 0 saturated carbocycles. The number of fused-ring (bicyclic) bond motifs is 1. The van der Waals surface area contributed by atoms with Crippen molar-refractivity contribution in [1.82, 2.24) is 0 Å². The molecule has 21 heavy (non-hydrogen) atoms. The van der Waals surface area contributed by atoms with E-state index in [4.69, 9.17) is 9.47 Å². The number of anilines is 1. The van der Waals surface area contributed by atoms with Gasteiger partial charge < -0.3 is 19.9 Å². The molecule has 1 heterocycles. The Balaban J connectivity index is 1.75. The van der Waals surface area contributed by atoms with Crippen LogP contribution in [-0.4, -0.2) is 18.3 Å². The van der Waals surface area contributed by atoms with E-state index >= 15 is 0 Å². The van der Waals surface area contributed by atoms with Gasteiger partial charge in [0.05, 0.1) is 0 Å². The summed E-state index contributed by atoms with van der Waals surface area (Å²) in [6.07, 6.45) is 0. The summed E-state index contributed by atoms with van der Waals surface area (Å²) < 4.78 is 11.1. The third kappa shape index (κ3) is 2.75. The molecule has 1 aliphatic heterocycles. The fourth-order valence-corrected chi connectivity index (χ4v) is 2.42. The van der Waals surface area contributed by atoms with E-state index < -0.39 is 0 Å². The molecule has 0 amide bonds. The first-order valence-corrected chi connectivity index (χ1v) is 7.07. The van der Waals surface area contributed by atoms with Gasteiger partial charge >= 0.3 is 0 Å². The van der Waals surface area contributed by atoms with Crippen molar-refractivity contribution in [2.24, 2.45) is 0 Å². The highest BCUT2D eigenvalue weighted by atomic mass is 16.6. The van der Waals surface area contributed by atoms with Crippen LogP contribution in [0.4, 0.5) is 5.69 Å². The molecule has 0 aliphatic carbocycles. The summed E-state index contributed by atoms with van der Waals surface area (Å²) in [6.45, 7) is 5.67. The number of nitrogens with one attached hydrogen (secondary N) is 1. The van der Waals surface area contributed by atoms with E-state index in [-0.39, 0.29) is 0 Å². The molecule has 2 aromatic carbocycles. The largest absolute Gasteiger partial charge is 0.507 e. The van der Waals surface area contributed by atoms with Crippen molar-refractivity contribution in [2.45, 2.75) is 20.4 Å². The van der Waals surface area contributed by atoms with E-state index in [1.165, 1.54) is 0 Å². The van der Waals surface area contributed by atoms with Crippen LogP contribution < -0.4 is 14.8 Å². The van der Waals surface area contributed by atoms with Crippen molar-refractivity contribution >= 4 is 5.69 Å². The summed E-state index contributed by atoms with van der Waals surface area (Å²) in [6, 6.07) is 9.84. The lowest BCUT2D eigenvalue weighted by molar-refractivity contribution is 0.171. The van der Waals surface area contributed by atoms with Crippen LogP contribution in [0.25, 0.3) is 0 Å². The SMILES string of the molecule is Cc1ccc(NCc2ccc3c(c2)OCCO3)c(C)c1O. The lowest BCUT2D eigenvalue weighted by Gasteiger charge is -2.19. The molecule has 0 bridgehead atoms. The summed E-state index contributed by atoms with van der Waals surface area (Å²) in [5, 5.41) is 13.3. The van der Waals surface area contributed by atoms with Gasteiger partial charge in [-0.25, -0.2) is 0 Å². The minimum atomic E-state index is 0.349. The van der Waals surface area contributed by atoms with Crippen molar-refractivity contribution in [3.63, 3.8) is 0 Å². The lowest BCUT2D eigenvalue weighted by Crippen LogP contribution is -2.15. The molecular formula is C17H19NO3. The van der Waals surface area contributed by atoms with E-state index in [1.54, 1.807) is 0 Å². The predicted octanol–water partition coefficient (Wildman–Crippen LogP) is 3.39. The first-order chi connectivity index (χ1) is 10.1. The van der Waals surface area contributed by atoms with Crippen LogP contribution in [0.1, 0.15) is 16.7 Å². The number of aromatic hydroxyl groups is 1. The van der Waals surface area contributed by atoms with Gasteiger partial charge in [0.1, 0.15) is 19.0 Å². The molecule has 0 fully saturated rings. The number of aryl methyl sites for hydroxylation is 1. The smallest absolute Gasteiger partial charge is 0.161 e. The number of hydrogen-bond donors (Lipinski definition) is 2. The molecular weight excluding hydrogens is 266 g/mol. The van der Waals surface area contributed by atoms with E-state index in [1.807, 2.05) is 44.2 Å². The number of phenolic OH excluding ortho intramolecular Hbond substituents is 1. The van der Waals surface area contributed by atoms with Crippen LogP contribution in [0.2, 0.25) is 0 Å². The number of rotatable bonds is 3. The average Bonchev–Trinajstić information content (AvgIpc) is 2.52. The standard InChI is InChI=1S/C17H19NO3/c1-11-3-5-14(12(2)17(11)19)18-10-13-4-6-15-16(9-13)21-8-7-20-15/h3-6,9,18-19H,7-8,10H2,1-2H3. The summed E-state index contributed by atoms with van der Waals surface area (Å²) >= 11 is 0. The van der Waals surface area contributed by atoms with Crippen LogP contribution in [0.15, 0.2) is 30.3 Å². The van der Waals surface area contributed by atoms with Crippen LogP contribution in [0.3, 0.4) is 0 Å². The van der Waals surface area contributed by atoms with Crippen LogP contribution in [0.5, 0.6) is 17.2 Å². The molecule has 2 aromatic rings. The number of phenols is 1. The van der Waals surface area contributed by atoms with Gasteiger partial charge in [-0.15, -0.1) is 0 Å². The third-order valence-corrected chi connectivity index (χ3v) is 3.72. The fourth-order valence-electron chi connectivity index (χ4n) is 2.42. The quantitative estimate of drug-likeness (QED) is 0.907. The van der Waals surface area contributed by atoms with Crippen LogP contribution in [-0.2, 0) is 6.54 Å². The Morgan fingerprint density at radius 1 is 1.05 bits per heavy atom. The van der Waals surface area contributed by atoms with Gasteiger partial charge in [-0.05, 0) is 43.2 Å². The maximum absolute atomic E-state index is 9.97. The van der Waals surface area contributed by atoms with Gasteiger partial charge in [-0.1, -0.05) is 12.1 Å². The monoisotopic (exact) mass is 285 g/mol. The molecule has 0 radical (unpaired) electrons. The highest BCUT2D eigenvalue weighted by Crippen LogP contribution is 2.32. The van der Waals surface area contributed by atoms with Crippen molar-refractivity contribution in [1.29, 1.82) is 0 Å². The number of benzene rings is 2. The van der Waals surface area contributed by atoms with Crippen molar-refractivity contribution in [2.75, 3.05) is 18.5 Å². The molecule has 0 unspecified atom stereocenters. The maximum Gasteiger partial charge on any atom is 0.161 e. The topological polar surface area (TPSA) is 50.7 Å². The van der Waals surface area contributed by atoms with Crippen LogP contribution in [0, 0.1) is 13.8 Å². The first-order valence-electron chi connectivity index (χ1n) is 7.07. The molecule has 0 aromatic heterocycles. The van der Waals surface area contributed by atoms with Gasteiger partial charge in [-0.3, -0.25) is 0 Å². The number of hydrogen-bond acceptors (Lipinski definition) is 4. The molecule has 0 spiro atoms. The lowest BCUT2D eigenvalue weighted by atomic mass is 10.1. The molecule has 4 heteroatoms. The van der Waals surface area contributed by atoms with Gasteiger partial charge in [0.2, 0.25) is 0 Å². The zero-order valence-corrected chi connectivity index (χ0v) is 12.3. The highest BCUT2D eigenvalue weighted by Gasteiger charge is 2.12. The van der Waals surface area contributed by atoms with Crippen molar-refractivity contribution in [3.05, 3.63) is 47.0 Å². The maximum atomic E-state index is 9.97.